The van der Waals surface area contributed by atoms with Crippen LogP contribution in [0.1, 0.15) is 58.1 Å². The van der Waals surface area contributed by atoms with Gasteiger partial charge in [-0.05, 0) is 57.7 Å². The second-order valence-corrected chi connectivity index (χ2v) is 8.87. The molecule has 0 saturated carbocycles. The largest absolute Gasteiger partial charge is 0.444 e. The van der Waals surface area contributed by atoms with E-state index >= 15 is 0 Å². The molecule has 0 radical (unpaired) electrons. The van der Waals surface area contributed by atoms with Crippen molar-refractivity contribution in [3.63, 3.8) is 0 Å². The monoisotopic (exact) mass is 414 g/mol. The molecule has 1 aromatic carbocycles. The molecule has 0 aliphatic rings. The summed E-state index contributed by atoms with van der Waals surface area (Å²) >= 11 is 0. The maximum absolute atomic E-state index is 12.1. The van der Waals surface area contributed by atoms with Crippen molar-refractivity contribution in [1.29, 1.82) is 0 Å². The number of anilines is 1. The number of unbranched alkanes of at least 4 members (excludes halogenated alkanes) is 2. The Labute approximate surface area is 170 Å². The highest BCUT2D eigenvalue weighted by Gasteiger charge is 2.16. The summed E-state index contributed by atoms with van der Waals surface area (Å²) in [7, 11) is 0.510. The van der Waals surface area contributed by atoms with E-state index in [2.05, 4.69) is 10.0 Å². The SMILES string of the molecule is COCCCCCS(=O)Nc1cccc(C(O)CCNC(=O)OC(C)(C)C)c1. The molecule has 2 unspecified atom stereocenters. The van der Waals surface area contributed by atoms with Crippen LogP contribution in [0.5, 0.6) is 0 Å². The number of alkyl carbamates (subject to hydrolysis) is 1. The molecule has 2 atom stereocenters. The molecular weight excluding hydrogens is 380 g/mol. The summed E-state index contributed by atoms with van der Waals surface area (Å²) < 4.78 is 25.3. The van der Waals surface area contributed by atoms with Crippen LogP contribution in [0.25, 0.3) is 0 Å². The minimum atomic E-state index is -1.17. The van der Waals surface area contributed by atoms with Crippen molar-refractivity contribution in [2.45, 2.75) is 58.2 Å². The summed E-state index contributed by atoms with van der Waals surface area (Å²) in [5.41, 5.74) is 0.849. The molecule has 0 saturated heterocycles. The fourth-order valence-corrected chi connectivity index (χ4v) is 3.40. The smallest absolute Gasteiger partial charge is 0.407 e. The zero-order valence-corrected chi connectivity index (χ0v) is 18.1. The number of benzene rings is 1. The van der Waals surface area contributed by atoms with Gasteiger partial charge in [-0.1, -0.05) is 18.6 Å². The highest BCUT2D eigenvalue weighted by atomic mass is 32.2. The van der Waals surface area contributed by atoms with Gasteiger partial charge in [0.05, 0.1) is 6.10 Å². The molecule has 3 N–H and O–H groups in total. The first-order chi connectivity index (χ1) is 13.2. The Balaban J connectivity index is 2.40. The first-order valence-electron chi connectivity index (χ1n) is 9.60. The van der Waals surface area contributed by atoms with Crippen LogP contribution in [-0.4, -0.2) is 47.0 Å². The molecule has 7 nitrogen and oxygen atoms in total. The van der Waals surface area contributed by atoms with Gasteiger partial charge in [-0.3, -0.25) is 0 Å². The molecule has 0 spiro atoms. The highest BCUT2D eigenvalue weighted by molar-refractivity contribution is 7.86. The van der Waals surface area contributed by atoms with Gasteiger partial charge in [0, 0.05) is 31.7 Å². The van der Waals surface area contributed by atoms with E-state index in [0.29, 0.717) is 30.0 Å². The van der Waals surface area contributed by atoms with Crippen molar-refractivity contribution in [3.05, 3.63) is 29.8 Å². The van der Waals surface area contributed by atoms with Crippen molar-refractivity contribution >= 4 is 22.8 Å². The highest BCUT2D eigenvalue weighted by Crippen LogP contribution is 2.20. The topological polar surface area (TPSA) is 96.9 Å². The van der Waals surface area contributed by atoms with Crippen LogP contribution < -0.4 is 10.0 Å². The van der Waals surface area contributed by atoms with Crippen molar-refractivity contribution in [2.24, 2.45) is 0 Å². The van der Waals surface area contributed by atoms with Crippen LogP contribution in [0, 0.1) is 0 Å². The lowest BCUT2D eigenvalue weighted by Crippen LogP contribution is -2.33. The lowest BCUT2D eigenvalue weighted by atomic mass is 10.1. The molecule has 0 aliphatic carbocycles. The van der Waals surface area contributed by atoms with E-state index in [-0.39, 0.29) is 0 Å². The van der Waals surface area contributed by atoms with E-state index < -0.39 is 28.8 Å². The van der Waals surface area contributed by atoms with Gasteiger partial charge in [-0.15, -0.1) is 0 Å². The molecule has 1 rings (SSSR count). The second-order valence-electron chi connectivity index (χ2n) is 7.56. The Morgan fingerprint density at radius 2 is 2.00 bits per heavy atom. The summed E-state index contributed by atoms with van der Waals surface area (Å²) in [4.78, 5) is 11.6. The van der Waals surface area contributed by atoms with Crippen LogP contribution in [-0.2, 0) is 20.5 Å². The Morgan fingerprint density at radius 1 is 1.25 bits per heavy atom. The number of carbonyl (C=O) groups is 1. The fourth-order valence-electron chi connectivity index (χ4n) is 2.44. The van der Waals surface area contributed by atoms with Gasteiger partial charge in [-0.25, -0.2) is 9.00 Å². The van der Waals surface area contributed by atoms with Crippen molar-refractivity contribution in [3.8, 4) is 0 Å². The predicted octanol–water partition coefficient (Wildman–Crippen LogP) is 3.53. The third-order valence-corrected chi connectivity index (χ3v) is 4.89. The first-order valence-corrected chi connectivity index (χ1v) is 10.9. The Hall–Kier alpha value is -1.64. The van der Waals surface area contributed by atoms with Crippen molar-refractivity contribution < 1.29 is 23.6 Å². The number of aliphatic hydroxyl groups excluding tert-OH is 1. The van der Waals surface area contributed by atoms with E-state index in [1.807, 2.05) is 6.07 Å². The quantitative estimate of drug-likeness (QED) is 0.455. The van der Waals surface area contributed by atoms with Crippen LogP contribution in [0.2, 0.25) is 0 Å². The summed E-state index contributed by atoms with van der Waals surface area (Å²) in [6.45, 7) is 6.40. The summed E-state index contributed by atoms with van der Waals surface area (Å²) in [5.74, 6) is 0.566. The minimum Gasteiger partial charge on any atom is -0.444 e. The molecule has 160 valence electrons. The lowest BCUT2D eigenvalue weighted by molar-refractivity contribution is 0.0518. The van der Waals surface area contributed by atoms with Gasteiger partial charge in [0.1, 0.15) is 16.6 Å². The number of ether oxygens (including phenoxy) is 2. The van der Waals surface area contributed by atoms with Crippen LogP contribution in [0.3, 0.4) is 0 Å². The number of methoxy groups -OCH3 is 1. The zero-order chi connectivity index (χ0) is 21.0. The number of rotatable bonds is 12. The Kier molecular flexibility index (Phi) is 11.1. The Bertz CT molecular complexity index is 619. The average Bonchev–Trinajstić information content (AvgIpc) is 2.60. The van der Waals surface area contributed by atoms with Gasteiger partial charge < -0.3 is 24.6 Å². The number of hydrogen-bond acceptors (Lipinski definition) is 5. The molecule has 0 aromatic heterocycles. The molecular formula is C20H34N2O5S. The third-order valence-electron chi connectivity index (χ3n) is 3.77. The summed E-state index contributed by atoms with van der Waals surface area (Å²) in [6.07, 6.45) is 1.92. The maximum atomic E-state index is 12.1. The predicted molar refractivity (Wildman–Crippen MR) is 113 cm³/mol. The van der Waals surface area contributed by atoms with Gasteiger partial charge in [0.2, 0.25) is 0 Å². The fraction of sp³-hybridized carbons (Fsp3) is 0.650. The van der Waals surface area contributed by atoms with Crippen LogP contribution in [0.4, 0.5) is 10.5 Å². The standard InChI is InChI=1S/C20H34N2O5S/c1-20(2,3)27-19(24)21-12-11-18(23)16-9-8-10-17(15-16)22-28(25)14-7-5-6-13-26-4/h8-10,15,18,22-23H,5-7,11-14H2,1-4H3,(H,21,24). The molecule has 0 heterocycles. The van der Waals surface area contributed by atoms with Crippen LogP contribution in [0.15, 0.2) is 24.3 Å². The van der Waals surface area contributed by atoms with E-state index in [9.17, 15) is 14.1 Å². The number of aliphatic hydroxyl groups is 1. The zero-order valence-electron chi connectivity index (χ0n) is 17.3. The number of nitrogens with one attached hydrogen (secondary N) is 2. The van der Waals surface area contributed by atoms with Gasteiger partial charge in [-0.2, -0.15) is 0 Å². The third kappa shape index (κ3) is 11.3. The second kappa shape index (κ2) is 12.7. The number of amides is 1. The van der Waals surface area contributed by atoms with E-state index in [0.717, 1.165) is 25.9 Å². The van der Waals surface area contributed by atoms with Crippen LogP contribution >= 0.6 is 0 Å². The number of carbonyl (C=O) groups excluding carboxylic acids is 1. The van der Waals surface area contributed by atoms with Crippen molar-refractivity contribution in [2.75, 3.05) is 30.7 Å². The normalized spacial score (nSPS) is 13.6. The summed E-state index contributed by atoms with van der Waals surface area (Å²) in [5, 5.41) is 13.0. The molecule has 8 heteroatoms. The molecule has 0 fully saturated rings. The number of hydrogen-bond donors (Lipinski definition) is 3. The minimum absolute atomic E-state index is 0.293. The first kappa shape index (κ1) is 24.4. The van der Waals surface area contributed by atoms with E-state index in [4.69, 9.17) is 9.47 Å². The van der Waals surface area contributed by atoms with E-state index in [1.54, 1.807) is 46.1 Å². The molecule has 28 heavy (non-hydrogen) atoms. The molecule has 1 aromatic rings. The summed E-state index contributed by atoms with van der Waals surface area (Å²) in [6, 6.07) is 7.20. The molecule has 0 aliphatic heterocycles. The van der Waals surface area contributed by atoms with Gasteiger partial charge in [0.15, 0.2) is 0 Å². The maximum Gasteiger partial charge on any atom is 0.407 e. The average molecular weight is 415 g/mol. The molecule has 0 bridgehead atoms. The van der Waals surface area contributed by atoms with Gasteiger partial charge >= 0.3 is 6.09 Å². The van der Waals surface area contributed by atoms with Gasteiger partial charge in [0.25, 0.3) is 0 Å². The Morgan fingerprint density at radius 3 is 2.68 bits per heavy atom. The molecule has 1 amide bonds. The lowest BCUT2D eigenvalue weighted by Gasteiger charge is -2.20. The van der Waals surface area contributed by atoms with E-state index in [1.165, 1.54) is 0 Å². The van der Waals surface area contributed by atoms with Crippen molar-refractivity contribution in [1.82, 2.24) is 5.32 Å².